The molecule has 2 N–H and O–H groups in total. The fourth-order valence-corrected chi connectivity index (χ4v) is 1.50. The zero-order valence-corrected chi connectivity index (χ0v) is 9.89. The number of para-hydroxylation sites is 2. The van der Waals surface area contributed by atoms with Crippen molar-refractivity contribution in [2.24, 2.45) is 5.73 Å². The van der Waals surface area contributed by atoms with Crippen LogP contribution in [0.3, 0.4) is 0 Å². The molecule has 0 spiro atoms. The molecule has 0 amide bonds. The van der Waals surface area contributed by atoms with Gasteiger partial charge in [-0.05, 0) is 18.2 Å². The second-order valence-corrected chi connectivity index (χ2v) is 3.55. The van der Waals surface area contributed by atoms with Crippen molar-refractivity contribution in [2.75, 3.05) is 7.11 Å². The summed E-state index contributed by atoms with van der Waals surface area (Å²) in [6.07, 6.45) is 1.45. The van der Waals surface area contributed by atoms with Crippen molar-refractivity contribution in [3.8, 4) is 17.4 Å². The number of benzene rings is 1. The van der Waals surface area contributed by atoms with Crippen molar-refractivity contribution < 1.29 is 13.9 Å². The highest BCUT2D eigenvalue weighted by atomic mass is 19.1. The van der Waals surface area contributed by atoms with Gasteiger partial charge in [0, 0.05) is 18.3 Å². The van der Waals surface area contributed by atoms with Crippen LogP contribution < -0.4 is 15.2 Å². The lowest BCUT2D eigenvalue weighted by atomic mass is 10.2. The van der Waals surface area contributed by atoms with Crippen LogP contribution in [-0.2, 0) is 6.54 Å². The summed E-state index contributed by atoms with van der Waals surface area (Å²) in [5.74, 6) is 0.255. The number of hydrogen-bond acceptors (Lipinski definition) is 4. The van der Waals surface area contributed by atoms with Crippen molar-refractivity contribution in [3.63, 3.8) is 0 Å². The molecule has 0 aliphatic rings. The summed E-state index contributed by atoms with van der Waals surface area (Å²) < 4.78 is 24.4. The summed E-state index contributed by atoms with van der Waals surface area (Å²) in [5, 5.41) is 0. The Morgan fingerprint density at radius 2 is 1.94 bits per heavy atom. The molecule has 0 aliphatic carbocycles. The number of hydrogen-bond donors (Lipinski definition) is 1. The first-order chi connectivity index (χ1) is 8.76. The summed E-state index contributed by atoms with van der Waals surface area (Å²) in [4.78, 5) is 3.85. The highest BCUT2D eigenvalue weighted by molar-refractivity contribution is 5.42. The zero-order valence-electron chi connectivity index (χ0n) is 9.89. The molecule has 0 atom stereocenters. The minimum atomic E-state index is -0.550. The Morgan fingerprint density at radius 3 is 2.61 bits per heavy atom. The van der Waals surface area contributed by atoms with E-state index >= 15 is 0 Å². The van der Waals surface area contributed by atoms with E-state index in [4.69, 9.17) is 15.2 Å². The molecule has 2 aromatic rings. The molecule has 0 aliphatic heterocycles. The molecule has 0 fully saturated rings. The Hall–Kier alpha value is -2.14. The van der Waals surface area contributed by atoms with Gasteiger partial charge in [0.25, 0.3) is 5.88 Å². The number of aromatic nitrogens is 1. The molecular formula is C13H13FN2O2. The molecule has 2 rings (SSSR count). The highest BCUT2D eigenvalue weighted by Crippen LogP contribution is 2.31. The normalized spacial score (nSPS) is 10.2. The molecule has 4 nitrogen and oxygen atoms in total. The van der Waals surface area contributed by atoms with Crippen molar-refractivity contribution in [1.29, 1.82) is 0 Å². The fraction of sp³-hybridized carbons (Fsp3) is 0.154. The van der Waals surface area contributed by atoms with E-state index in [0.717, 1.165) is 0 Å². The van der Waals surface area contributed by atoms with Gasteiger partial charge < -0.3 is 15.2 Å². The van der Waals surface area contributed by atoms with Gasteiger partial charge >= 0.3 is 0 Å². The van der Waals surface area contributed by atoms with Crippen molar-refractivity contribution in [3.05, 3.63) is 47.9 Å². The van der Waals surface area contributed by atoms with Crippen molar-refractivity contribution >= 4 is 0 Å². The van der Waals surface area contributed by atoms with Gasteiger partial charge in [-0.15, -0.1) is 0 Å². The predicted molar refractivity (Wildman–Crippen MR) is 65.2 cm³/mol. The lowest BCUT2D eigenvalue weighted by Crippen LogP contribution is -2.03. The molecule has 0 bridgehead atoms. The highest BCUT2D eigenvalue weighted by Gasteiger charge is 2.12. The third kappa shape index (κ3) is 2.41. The summed E-state index contributed by atoms with van der Waals surface area (Å²) in [7, 11) is 1.52. The van der Waals surface area contributed by atoms with E-state index in [-0.39, 0.29) is 12.4 Å². The minimum Gasteiger partial charge on any atom is -0.493 e. The molecule has 0 radical (unpaired) electrons. The van der Waals surface area contributed by atoms with Gasteiger partial charge in [-0.2, -0.15) is 0 Å². The minimum absolute atomic E-state index is 0.0939. The lowest BCUT2D eigenvalue weighted by molar-refractivity contribution is 0.363. The maximum absolute atomic E-state index is 13.9. The van der Waals surface area contributed by atoms with E-state index in [9.17, 15) is 4.39 Å². The van der Waals surface area contributed by atoms with Crippen LogP contribution in [0, 0.1) is 5.82 Å². The zero-order chi connectivity index (χ0) is 13.0. The van der Waals surface area contributed by atoms with Crippen molar-refractivity contribution in [2.45, 2.75) is 6.54 Å². The topological polar surface area (TPSA) is 57.4 Å². The number of pyridine rings is 1. The molecule has 0 saturated heterocycles. The predicted octanol–water partition coefficient (Wildman–Crippen LogP) is 2.48. The largest absolute Gasteiger partial charge is 0.493 e. The summed E-state index contributed by atoms with van der Waals surface area (Å²) in [6, 6.07) is 8.48. The standard InChI is InChI=1S/C13H13FN2O2/c1-17-10-4-2-3-5-11(10)18-13-12(14)9(8-15)6-7-16-13/h2-7H,8,15H2,1H3. The molecular weight excluding hydrogens is 235 g/mol. The number of nitrogens with zero attached hydrogens (tertiary/aromatic N) is 1. The first kappa shape index (κ1) is 12.3. The van der Waals surface area contributed by atoms with E-state index in [1.807, 2.05) is 0 Å². The van der Waals surface area contributed by atoms with Gasteiger partial charge in [0.1, 0.15) is 0 Å². The molecule has 0 saturated carbocycles. The SMILES string of the molecule is COc1ccccc1Oc1nccc(CN)c1F. The maximum atomic E-state index is 13.9. The van der Waals surface area contributed by atoms with Crippen LogP contribution in [-0.4, -0.2) is 12.1 Å². The van der Waals surface area contributed by atoms with Crippen molar-refractivity contribution in [1.82, 2.24) is 4.98 Å². The Bertz CT molecular complexity index is 546. The number of rotatable bonds is 4. The number of halogens is 1. The van der Waals surface area contributed by atoms with Gasteiger partial charge in [-0.25, -0.2) is 9.37 Å². The quantitative estimate of drug-likeness (QED) is 0.903. The molecule has 1 aromatic heterocycles. The van der Waals surface area contributed by atoms with Gasteiger partial charge in [0.15, 0.2) is 17.3 Å². The first-order valence-electron chi connectivity index (χ1n) is 5.40. The third-order valence-corrected chi connectivity index (χ3v) is 2.43. The average Bonchev–Trinajstić information content (AvgIpc) is 2.42. The van der Waals surface area contributed by atoms with Gasteiger partial charge in [-0.3, -0.25) is 0 Å². The van der Waals surface area contributed by atoms with Crippen LogP contribution in [0.4, 0.5) is 4.39 Å². The van der Waals surface area contributed by atoms with E-state index in [1.54, 1.807) is 24.3 Å². The first-order valence-corrected chi connectivity index (χ1v) is 5.40. The van der Waals surface area contributed by atoms with Gasteiger partial charge in [0.2, 0.25) is 0 Å². The van der Waals surface area contributed by atoms with Crippen LogP contribution in [0.1, 0.15) is 5.56 Å². The monoisotopic (exact) mass is 248 g/mol. The smallest absolute Gasteiger partial charge is 0.256 e. The molecule has 5 heteroatoms. The number of ether oxygens (including phenoxy) is 2. The van der Waals surface area contributed by atoms with Gasteiger partial charge in [-0.1, -0.05) is 12.1 Å². The summed E-state index contributed by atoms with van der Waals surface area (Å²) >= 11 is 0. The van der Waals surface area contributed by atoms with E-state index in [1.165, 1.54) is 19.4 Å². The molecule has 1 heterocycles. The maximum Gasteiger partial charge on any atom is 0.256 e. The molecule has 0 unspecified atom stereocenters. The Kier molecular flexibility index (Phi) is 3.74. The Morgan fingerprint density at radius 1 is 1.22 bits per heavy atom. The summed E-state index contributed by atoms with van der Waals surface area (Å²) in [5.41, 5.74) is 5.78. The summed E-state index contributed by atoms with van der Waals surface area (Å²) in [6.45, 7) is 0.0939. The van der Waals surface area contributed by atoms with Crippen LogP contribution in [0.15, 0.2) is 36.5 Å². The molecule has 18 heavy (non-hydrogen) atoms. The van der Waals surface area contributed by atoms with Gasteiger partial charge in [0.05, 0.1) is 7.11 Å². The van der Waals surface area contributed by atoms with E-state index < -0.39 is 5.82 Å². The second-order valence-electron chi connectivity index (χ2n) is 3.55. The third-order valence-electron chi connectivity index (χ3n) is 2.43. The second kappa shape index (κ2) is 5.46. The van der Waals surface area contributed by atoms with Crippen LogP contribution in [0.25, 0.3) is 0 Å². The van der Waals surface area contributed by atoms with Crippen LogP contribution in [0.2, 0.25) is 0 Å². The Balaban J connectivity index is 2.34. The van der Waals surface area contributed by atoms with Crippen LogP contribution >= 0.6 is 0 Å². The number of methoxy groups -OCH3 is 1. The van der Waals surface area contributed by atoms with Crippen LogP contribution in [0.5, 0.6) is 17.4 Å². The molecule has 94 valence electrons. The number of nitrogens with two attached hydrogens (primary N) is 1. The van der Waals surface area contributed by atoms with E-state index in [0.29, 0.717) is 17.1 Å². The van der Waals surface area contributed by atoms with E-state index in [2.05, 4.69) is 4.98 Å². The molecule has 1 aromatic carbocycles. The average molecular weight is 248 g/mol. The fourth-order valence-electron chi connectivity index (χ4n) is 1.50. The Labute approximate surface area is 104 Å². The lowest BCUT2D eigenvalue weighted by Gasteiger charge is -2.10.